The minimum Gasteiger partial charge on any atom is -0.329 e. The summed E-state index contributed by atoms with van der Waals surface area (Å²) in [6.45, 7) is -0.327. The van der Waals surface area contributed by atoms with Crippen LogP contribution in [-0.4, -0.2) is 40.5 Å². The molecule has 0 aliphatic heterocycles. The number of halogens is 3. The molecule has 1 heterocycles. The molecule has 0 unspecified atom stereocenters. The molecule has 0 amide bonds. The van der Waals surface area contributed by atoms with E-state index in [1.54, 1.807) is 6.07 Å². The fraction of sp³-hybridized carbons (Fsp3) is 0.769. The first-order valence-electron chi connectivity index (χ1n) is 7.01. The Bertz CT molecular complexity index is 410. The molecule has 114 valence electrons. The van der Waals surface area contributed by atoms with E-state index in [0.29, 0.717) is 11.7 Å². The molecule has 1 aromatic heterocycles. The van der Waals surface area contributed by atoms with Crippen LogP contribution in [0, 0.1) is 0 Å². The van der Waals surface area contributed by atoms with E-state index in [0.717, 1.165) is 12.8 Å². The lowest BCUT2D eigenvalue weighted by molar-refractivity contribution is -0.146. The van der Waals surface area contributed by atoms with Crippen molar-refractivity contribution in [2.45, 2.75) is 44.4 Å². The van der Waals surface area contributed by atoms with E-state index in [2.05, 4.69) is 5.10 Å². The van der Waals surface area contributed by atoms with Crippen molar-refractivity contribution in [1.29, 1.82) is 0 Å². The molecule has 0 aromatic carbocycles. The van der Waals surface area contributed by atoms with Crippen molar-refractivity contribution in [2.24, 2.45) is 5.73 Å². The summed E-state index contributed by atoms with van der Waals surface area (Å²) in [4.78, 5) is 1.29. The van der Waals surface area contributed by atoms with Gasteiger partial charge in [-0.05, 0) is 18.9 Å². The highest BCUT2D eigenvalue weighted by Crippen LogP contribution is 2.28. The second-order valence-electron chi connectivity index (χ2n) is 5.34. The smallest absolute Gasteiger partial charge is 0.329 e. The highest BCUT2D eigenvalue weighted by molar-refractivity contribution is 5.00. The third-order valence-corrected chi connectivity index (χ3v) is 3.60. The summed E-state index contributed by atoms with van der Waals surface area (Å²) in [5, 5.41) is 4.41. The quantitative estimate of drug-likeness (QED) is 0.874. The molecule has 1 aliphatic rings. The molecule has 0 bridgehead atoms. The maximum atomic E-state index is 12.5. The molecule has 0 atom stereocenters. The Labute approximate surface area is 116 Å². The first-order valence-corrected chi connectivity index (χ1v) is 7.01. The van der Waals surface area contributed by atoms with Crippen molar-refractivity contribution in [2.75, 3.05) is 19.6 Å². The van der Waals surface area contributed by atoms with E-state index in [1.165, 1.54) is 17.7 Å². The van der Waals surface area contributed by atoms with Crippen LogP contribution in [0.5, 0.6) is 0 Å². The van der Waals surface area contributed by atoms with E-state index >= 15 is 0 Å². The van der Waals surface area contributed by atoms with Gasteiger partial charge in [-0.2, -0.15) is 18.3 Å². The lowest BCUT2D eigenvalue weighted by Crippen LogP contribution is -2.37. The summed E-state index contributed by atoms with van der Waals surface area (Å²) < 4.78 is 39.3. The first-order chi connectivity index (χ1) is 9.48. The highest BCUT2D eigenvalue weighted by Gasteiger charge is 2.30. The maximum absolute atomic E-state index is 12.5. The zero-order valence-corrected chi connectivity index (χ0v) is 11.4. The third kappa shape index (κ3) is 4.49. The summed E-state index contributed by atoms with van der Waals surface area (Å²) in [5.74, 6) is 0. The molecule has 1 aromatic rings. The van der Waals surface area contributed by atoms with Gasteiger partial charge in [0.1, 0.15) is 0 Å². The molecule has 1 aliphatic carbocycles. The number of nitrogens with zero attached hydrogens (tertiary/aromatic N) is 3. The van der Waals surface area contributed by atoms with Gasteiger partial charge in [0.25, 0.3) is 0 Å². The van der Waals surface area contributed by atoms with Gasteiger partial charge < -0.3 is 5.73 Å². The number of aromatic nitrogens is 2. The molecular formula is C13H21F3N4. The number of rotatable bonds is 6. The summed E-state index contributed by atoms with van der Waals surface area (Å²) in [7, 11) is 0. The first kappa shape index (κ1) is 15.3. The SMILES string of the molecule is NCCN(Cc1ccn(C2CCCC2)n1)CC(F)(F)F. The Balaban J connectivity index is 1.95. The van der Waals surface area contributed by atoms with Crippen molar-refractivity contribution in [3.63, 3.8) is 0 Å². The van der Waals surface area contributed by atoms with E-state index in [9.17, 15) is 13.2 Å². The molecule has 20 heavy (non-hydrogen) atoms. The molecular weight excluding hydrogens is 269 g/mol. The van der Waals surface area contributed by atoms with Crippen LogP contribution in [0.4, 0.5) is 13.2 Å². The average Bonchev–Trinajstić information content (AvgIpc) is 2.96. The van der Waals surface area contributed by atoms with Gasteiger partial charge in [0.15, 0.2) is 0 Å². The molecule has 2 N–H and O–H groups in total. The minimum absolute atomic E-state index is 0.191. The fourth-order valence-electron chi connectivity index (χ4n) is 2.71. The van der Waals surface area contributed by atoms with Crippen molar-refractivity contribution < 1.29 is 13.2 Å². The Kier molecular flexibility index (Phi) is 5.04. The number of nitrogens with two attached hydrogens (primary N) is 1. The maximum Gasteiger partial charge on any atom is 0.401 e. The number of hydrogen-bond donors (Lipinski definition) is 1. The normalized spacial score (nSPS) is 17.2. The van der Waals surface area contributed by atoms with Crippen molar-refractivity contribution >= 4 is 0 Å². The van der Waals surface area contributed by atoms with Gasteiger partial charge >= 0.3 is 6.18 Å². The van der Waals surface area contributed by atoms with Gasteiger partial charge in [0.05, 0.1) is 18.3 Å². The van der Waals surface area contributed by atoms with Crippen LogP contribution in [0.3, 0.4) is 0 Å². The standard InChI is InChI=1S/C13H21F3N4/c14-13(15,16)10-19(8-6-17)9-11-5-7-20(18-11)12-3-1-2-4-12/h5,7,12H,1-4,6,8-10,17H2. The summed E-state index contributed by atoms with van der Waals surface area (Å²) in [6, 6.07) is 2.22. The van der Waals surface area contributed by atoms with E-state index in [-0.39, 0.29) is 19.6 Å². The molecule has 2 rings (SSSR count). The van der Waals surface area contributed by atoms with Crippen LogP contribution in [0.15, 0.2) is 12.3 Å². The zero-order chi connectivity index (χ0) is 14.6. The van der Waals surface area contributed by atoms with Gasteiger partial charge in [-0.1, -0.05) is 12.8 Å². The van der Waals surface area contributed by atoms with Gasteiger partial charge in [-0.15, -0.1) is 0 Å². The predicted octanol–water partition coefficient (Wildman–Crippen LogP) is 2.32. The lowest BCUT2D eigenvalue weighted by atomic mass is 10.3. The van der Waals surface area contributed by atoms with Crippen molar-refractivity contribution in [3.05, 3.63) is 18.0 Å². The second-order valence-corrected chi connectivity index (χ2v) is 5.34. The minimum atomic E-state index is -4.21. The van der Waals surface area contributed by atoms with Crippen LogP contribution < -0.4 is 5.73 Å². The monoisotopic (exact) mass is 290 g/mol. The molecule has 0 radical (unpaired) electrons. The Morgan fingerprint density at radius 2 is 2.05 bits per heavy atom. The third-order valence-electron chi connectivity index (χ3n) is 3.60. The molecule has 1 fully saturated rings. The highest BCUT2D eigenvalue weighted by atomic mass is 19.4. The Morgan fingerprint density at radius 3 is 2.65 bits per heavy atom. The Morgan fingerprint density at radius 1 is 1.35 bits per heavy atom. The number of hydrogen-bond acceptors (Lipinski definition) is 3. The second kappa shape index (κ2) is 6.58. The molecule has 7 heteroatoms. The van der Waals surface area contributed by atoms with Crippen molar-refractivity contribution in [3.8, 4) is 0 Å². The van der Waals surface area contributed by atoms with Gasteiger partial charge in [0, 0.05) is 25.8 Å². The molecule has 4 nitrogen and oxygen atoms in total. The molecule has 0 saturated heterocycles. The lowest BCUT2D eigenvalue weighted by Gasteiger charge is -2.21. The van der Waals surface area contributed by atoms with E-state index in [1.807, 2.05) is 10.9 Å². The number of alkyl halides is 3. The van der Waals surface area contributed by atoms with Crippen LogP contribution in [0.2, 0.25) is 0 Å². The fourth-order valence-corrected chi connectivity index (χ4v) is 2.71. The summed E-state index contributed by atoms with van der Waals surface area (Å²) in [6.07, 6.45) is 2.29. The van der Waals surface area contributed by atoms with Gasteiger partial charge in [-0.25, -0.2) is 0 Å². The van der Waals surface area contributed by atoms with E-state index < -0.39 is 12.7 Å². The van der Waals surface area contributed by atoms with Gasteiger partial charge in [0.2, 0.25) is 0 Å². The summed E-state index contributed by atoms with van der Waals surface area (Å²) >= 11 is 0. The summed E-state index contributed by atoms with van der Waals surface area (Å²) in [5.41, 5.74) is 6.05. The predicted molar refractivity (Wildman–Crippen MR) is 70.1 cm³/mol. The van der Waals surface area contributed by atoms with Crippen molar-refractivity contribution in [1.82, 2.24) is 14.7 Å². The largest absolute Gasteiger partial charge is 0.401 e. The topological polar surface area (TPSA) is 47.1 Å². The zero-order valence-electron chi connectivity index (χ0n) is 11.4. The van der Waals surface area contributed by atoms with Crippen LogP contribution in [0.1, 0.15) is 37.4 Å². The Hall–Kier alpha value is -1.08. The van der Waals surface area contributed by atoms with Crippen LogP contribution in [0.25, 0.3) is 0 Å². The molecule has 0 spiro atoms. The van der Waals surface area contributed by atoms with Crippen LogP contribution >= 0.6 is 0 Å². The van der Waals surface area contributed by atoms with E-state index in [4.69, 9.17) is 5.73 Å². The van der Waals surface area contributed by atoms with Gasteiger partial charge in [-0.3, -0.25) is 9.58 Å². The van der Waals surface area contributed by atoms with Crippen LogP contribution in [-0.2, 0) is 6.54 Å². The average molecular weight is 290 g/mol. The molecule has 1 saturated carbocycles.